The van der Waals surface area contributed by atoms with Gasteiger partial charge in [-0.1, -0.05) is 36.3 Å². The third kappa shape index (κ3) is 3.01. The van der Waals surface area contributed by atoms with E-state index in [1.165, 1.54) is 7.11 Å². The lowest BCUT2D eigenvalue weighted by Crippen LogP contribution is -2.03. The van der Waals surface area contributed by atoms with Crippen LogP contribution in [0.3, 0.4) is 0 Å². The third-order valence-electron chi connectivity index (χ3n) is 3.53. The highest BCUT2D eigenvalue weighted by Gasteiger charge is 2.09. The Morgan fingerprint density at radius 1 is 1.08 bits per heavy atom. The second-order valence-corrected chi connectivity index (χ2v) is 5.02. The summed E-state index contributed by atoms with van der Waals surface area (Å²) in [6.45, 7) is 0. The van der Waals surface area contributed by atoms with Crippen LogP contribution in [0, 0.1) is 11.8 Å². The number of carbonyl (C=O) groups excluding carboxylic acids is 2. The van der Waals surface area contributed by atoms with Gasteiger partial charge in [-0.05, 0) is 30.2 Å². The fourth-order valence-electron chi connectivity index (χ4n) is 2.33. The largest absolute Gasteiger partial charge is 0.465 e. The first-order chi connectivity index (χ1) is 11.7. The first kappa shape index (κ1) is 15.4. The van der Waals surface area contributed by atoms with Crippen LogP contribution < -0.4 is 0 Å². The summed E-state index contributed by atoms with van der Waals surface area (Å²) < 4.78 is 4.75. The Labute approximate surface area is 139 Å². The minimum atomic E-state index is -0.456. The number of pyridine rings is 1. The van der Waals surface area contributed by atoms with Crippen LogP contribution in [0.25, 0.3) is 10.9 Å². The number of ether oxygens (including phenoxy) is 1. The van der Waals surface area contributed by atoms with Crippen LogP contribution in [-0.2, 0) is 4.74 Å². The zero-order valence-electron chi connectivity index (χ0n) is 12.9. The molecular formula is C20H13NO3. The zero-order valence-corrected chi connectivity index (χ0v) is 12.9. The minimum Gasteiger partial charge on any atom is -0.465 e. The van der Waals surface area contributed by atoms with Gasteiger partial charge in [0.25, 0.3) is 0 Å². The molecule has 2 aromatic carbocycles. The van der Waals surface area contributed by atoms with Crippen molar-refractivity contribution in [1.82, 2.24) is 4.98 Å². The van der Waals surface area contributed by atoms with E-state index in [4.69, 9.17) is 4.74 Å². The number of benzene rings is 2. The average Bonchev–Trinajstić information content (AvgIpc) is 2.65. The van der Waals surface area contributed by atoms with Gasteiger partial charge < -0.3 is 4.74 Å². The van der Waals surface area contributed by atoms with Crippen LogP contribution in [0.1, 0.15) is 32.0 Å². The van der Waals surface area contributed by atoms with Gasteiger partial charge in [-0.15, -0.1) is 0 Å². The standard InChI is InChI=1S/C20H13NO3/c1-24-20(23)17-8-4-2-6-14(17)10-11-19-16(13-22)12-15-7-3-5-9-18(15)21-19/h2-9,12-13H,1H3. The van der Waals surface area contributed by atoms with Crippen molar-refractivity contribution in [3.05, 3.63) is 77.0 Å². The number of hydrogen-bond donors (Lipinski definition) is 0. The molecule has 4 nitrogen and oxygen atoms in total. The molecule has 24 heavy (non-hydrogen) atoms. The van der Waals surface area contributed by atoms with Crippen molar-refractivity contribution >= 4 is 23.2 Å². The first-order valence-corrected chi connectivity index (χ1v) is 7.27. The number of rotatable bonds is 2. The van der Waals surface area contributed by atoms with E-state index >= 15 is 0 Å². The molecule has 0 aliphatic heterocycles. The Morgan fingerprint density at radius 3 is 2.62 bits per heavy atom. The Balaban J connectivity index is 2.10. The van der Waals surface area contributed by atoms with Crippen molar-refractivity contribution in [2.75, 3.05) is 7.11 Å². The fraction of sp³-hybridized carbons (Fsp3) is 0.0500. The number of aldehydes is 1. The van der Waals surface area contributed by atoms with Gasteiger partial charge in [0.2, 0.25) is 0 Å². The summed E-state index contributed by atoms with van der Waals surface area (Å²) in [4.78, 5) is 27.5. The van der Waals surface area contributed by atoms with Crippen LogP contribution in [0.4, 0.5) is 0 Å². The molecule has 0 saturated heterocycles. The van der Waals surface area contributed by atoms with Crippen molar-refractivity contribution in [1.29, 1.82) is 0 Å². The van der Waals surface area contributed by atoms with Crippen LogP contribution in [-0.4, -0.2) is 24.3 Å². The highest BCUT2D eigenvalue weighted by Crippen LogP contribution is 2.15. The molecule has 0 saturated carbocycles. The second-order valence-electron chi connectivity index (χ2n) is 5.02. The second kappa shape index (κ2) is 6.76. The Morgan fingerprint density at radius 2 is 1.83 bits per heavy atom. The van der Waals surface area contributed by atoms with Crippen LogP contribution in [0.5, 0.6) is 0 Å². The van der Waals surface area contributed by atoms with E-state index in [0.717, 1.165) is 17.2 Å². The number of para-hydroxylation sites is 1. The maximum atomic E-state index is 11.8. The first-order valence-electron chi connectivity index (χ1n) is 7.27. The molecule has 0 fully saturated rings. The average molecular weight is 315 g/mol. The van der Waals surface area contributed by atoms with Crippen molar-refractivity contribution in [3.63, 3.8) is 0 Å². The Kier molecular flexibility index (Phi) is 4.35. The van der Waals surface area contributed by atoms with Gasteiger partial charge in [0.15, 0.2) is 6.29 Å². The lowest BCUT2D eigenvalue weighted by atomic mass is 10.1. The predicted molar refractivity (Wildman–Crippen MR) is 90.9 cm³/mol. The molecule has 4 heteroatoms. The zero-order chi connectivity index (χ0) is 16.9. The molecule has 0 N–H and O–H groups in total. The smallest absolute Gasteiger partial charge is 0.339 e. The number of nitrogens with zero attached hydrogens (tertiary/aromatic N) is 1. The van der Waals surface area contributed by atoms with E-state index in [2.05, 4.69) is 16.8 Å². The summed E-state index contributed by atoms with van der Waals surface area (Å²) in [5.74, 6) is 5.35. The molecular weight excluding hydrogens is 302 g/mol. The molecule has 0 bridgehead atoms. The van der Waals surface area contributed by atoms with Gasteiger partial charge in [0, 0.05) is 16.5 Å². The van der Waals surface area contributed by atoms with E-state index in [-0.39, 0.29) is 0 Å². The molecule has 0 amide bonds. The fourth-order valence-corrected chi connectivity index (χ4v) is 2.33. The summed E-state index contributed by atoms with van der Waals surface area (Å²) in [5, 5.41) is 0.875. The quantitative estimate of drug-likeness (QED) is 0.414. The summed E-state index contributed by atoms with van der Waals surface area (Å²) in [6, 6.07) is 16.1. The number of carbonyl (C=O) groups is 2. The number of aromatic nitrogens is 1. The lowest BCUT2D eigenvalue weighted by Gasteiger charge is -2.02. The maximum absolute atomic E-state index is 11.8. The normalized spacial score (nSPS) is 9.88. The molecule has 0 aliphatic carbocycles. The number of esters is 1. The molecule has 3 rings (SSSR count). The SMILES string of the molecule is COC(=O)c1ccccc1C#Cc1nc2ccccc2cc1C=O. The summed E-state index contributed by atoms with van der Waals surface area (Å²) >= 11 is 0. The van der Waals surface area contributed by atoms with Gasteiger partial charge in [-0.2, -0.15) is 0 Å². The molecule has 116 valence electrons. The van der Waals surface area contributed by atoms with E-state index in [0.29, 0.717) is 22.4 Å². The number of fused-ring (bicyclic) bond motifs is 1. The molecule has 0 spiro atoms. The van der Waals surface area contributed by atoms with E-state index in [9.17, 15) is 9.59 Å². The highest BCUT2D eigenvalue weighted by atomic mass is 16.5. The summed E-state index contributed by atoms with van der Waals surface area (Å²) in [7, 11) is 1.32. The molecule has 1 heterocycles. The molecule has 3 aromatic rings. The predicted octanol–water partition coefficient (Wildman–Crippen LogP) is 3.23. The Hall–Kier alpha value is -3.45. The number of methoxy groups -OCH3 is 1. The van der Waals surface area contributed by atoms with Gasteiger partial charge in [0.05, 0.1) is 18.2 Å². The van der Waals surface area contributed by atoms with Crippen molar-refractivity contribution < 1.29 is 14.3 Å². The lowest BCUT2D eigenvalue weighted by molar-refractivity contribution is 0.0600. The number of hydrogen-bond acceptors (Lipinski definition) is 4. The van der Waals surface area contributed by atoms with Crippen LogP contribution in [0.2, 0.25) is 0 Å². The van der Waals surface area contributed by atoms with Gasteiger partial charge >= 0.3 is 5.97 Å². The van der Waals surface area contributed by atoms with E-state index in [1.54, 1.807) is 30.3 Å². The monoisotopic (exact) mass is 315 g/mol. The summed E-state index contributed by atoms with van der Waals surface area (Å²) in [5.41, 5.74) is 2.45. The van der Waals surface area contributed by atoms with E-state index in [1.807, 2.05) is 24.3 Å². The topological polar surface area (TPSA) is 56.3 Å². The van der Waals surface area contributed by atoms with Crippen molar-refractivity contribution in [2.24, 2.45) is 0 Å². The molecule has 0 atom stereocenters. The maximum Gasteiger partial charge on any atom is 0.339 e. The van der Waals surface area contributed by atoms with E-state index < -0.39 is 5.97 Å². The third-order valence-corrected chi connectivity index (χ3v) is 3.53. The minimum absolute atomic E-state index is 0.376. The molecule has 0 unspecified atom stereocenters. The van der Waals surface area contributed by atoms with Gasteiger partial charge in [-0.25, -0.2) is 9.78 Å². The summed E-state index contributed by atoms with van der Waals surface area (Å²) in [6.07, 6.45) is 0.732. The molecule has 0 aliphatic rings. The molecule has 0 radical (unpaired) electrons. The van der Waals surface area contributed by atoms with Crippen LogP contribution in [0.15, 0.2) is 54.6 Å². The Bertz CT molecular complexity index is 996. The highest BCUT2D eigenvalue weighted by molar-refractivity contribution is 5.92. The molecule has 1 aromatic heterocycles. The van der Waals surface area contributed by atoms with Crippen molar-refractivity contribution in [2.45, 2.75) is 0 Å². The van der Waals surface area contributed by atoms with Gasteiger partial charge in [0.1, 0.15) is 5.69 Å². The van der Waals surface area contributed by atoms with Crippen molar-refractivity contribution in [3.8, 4) is 11.8 Å². The van der Waals surface area contributed by atoms with Crippen LogP contribution >= 0.6 is 0 Å². The van der Waals surface area contributed by atoms with Gasteiger partial charge in [-0.3, -0.25) is 4.79 Å².